The molecule has 1 saturated heterocycles. The van der Waals surface area contributed by atoms with Crippen LogP contribution in [0.1, 0.15) is 12.8 Å². The Labute approximate surface area is 120 Å². The Balaban J connectivity index is 1.75. The van der Waals surface area contributed by atoms with Crippen molar-refractivity contribution < 1.29 is 4.74 Å². The molecule has 104 valence electrons. The van der Waals surface area contributed by atoms with Gasteiger partial charge in [0.2, 0.25) is 0 Å². The zero-order chi connectivity index (χ0) is 13.8. The van der Waals surface area contributed by atoms with Crippen molar-refractivity contribution in [1.82, 2.24) is 4.98 Å². The molecule has 0 aliphatic carbocycles. The predicted molar refractivity (Wildman–Crippen MR) is 81.9 cm³/mol. The fourth-order valence-corrected chi connectivity index (χ4v) is 2.66. The van der Waals surface area contributed by atoms with Crippen LogP contribution in [-0.2, 0) is 4.74 Å². The molecule has 0 N–H and O–H groups in total. The number of ether oxygens (including phenoxy) is 1. The molecule has 2 heterocycles. The fraction of sp³-hybridized carbons (Fsp3) is 0.353. The summed E-state index contributed by atoms with van der Waals surface area (Å²) >= 11 is 0. The van der Waals surface area contributed by atoms with Crippen LogP contribution >= 0.6 is 0 Å². The minimum Gasteiger partial charge on any atom is -0.381 e. The molecule has 3 rings (SSSR count). The summed E-state index contributed by atoms with van der Waals surface area (Å²) in [6.45, 7) is 1.72. The Hall–Kier alpha value is -1.87. The molecule has 3 nitrogen and oxygen atoms in total. The van der Waals surface area contributed by atoms with Crippen molar-refractivity contribution in [1.29, 1.82) is 0 Å². The summed E-state index contributed by atoms with van der Waals surface area (Å²) in [5, 5.41) is 0. The second-order valence-corrected chi connectivity index (χ2v) is 5.23. The number of aromatic nitrogens is 1. The van der Waals surface area contributed by atoms with Gasteiger partial charge in [0.25, 0.3) is 0 Å². The summed E-state index contributed by atoms with van der Waals surface area (Å²) < 4.78 is 5.42. The highest BCUT2D eigenvalue weighted by Crippen LogP contribution is 2.23. The van der Waals surface area contributed by atoms with Gasteiger partial charge in [-0.1, -0.05) is 30.3 Å². The summed E-state index contributed by atoms with van der Waals surface area (Å²) in [5.74, 6) is 1.04. The Bertz CT molecular complexity index is 533. The lowest BCUT2D eigenvalue weighted by Gasteiger charge is -2.32. The Kier molecular flexibility index (Phi) is 3.97. The van der Waals surface area contributed by atoms with Gasteiger partial charge in [-0.15, -0.1) is 0 Å². The van der Waals surface area contributed by atoms with E-state index in [4.69, 9.17) is 4.74 Å². The summed E-state index contributed by atoms with van der Waals surface area (Å²) in [7, 11) is 2.13. The summed E-state index contributed by atoms with van der Waals surface area (Å²) in [5.41, 5.74) is 2.37. The monoisotopic (exact) mass is 268 g/mol. The van der Waals surface area contributed by atoms with Gasteiger partial charge < -0.3 is 9.64 Å². The van der Waals surface area contributed by atoms with E-state index in [0.29, 0.717) is 6.04 Å². The normalized spacial score (nSPS) is 16.1. The molecular formula is C17H20N2O. The highest BCUT2D eigenvalue weighted by Gasteiger charge is 2.19. The minimum absolute atomic E-state index is 0.541. The second kappa shape index (κ2) is 6.06. The highest BCUT2D eigenvalue weighted by atomic mass is 16.5. The average Bonchev–Trinajstić information content (AvgIpc) is 2.56. The van der Waals surface area contributed by atoms with Crippen LogP contribution in [0.3, 0.4) is 0 Å². The van der Waals surface area contributed by atoms with E-state index in [2.05, 4.69) is 53.3 Å². The maximum Gasteiger partial charge on any atom is 0.128 e. The van der Waals surface area contributed by atoms with Crippen LogP contribution in [0.5, 0.6) is 0 Å². The Morgan fingerprint density at radius 1 is 1.00 bits per heavy atom. The molecule has 0 atom stereocenters. The molecule has 1 aliphatic rings. The predicted octanol–water partition coefficient (Wildman–Crippen LogP) is 3.36. The first-order valence-electron chi connectivity index (χ1n) is 7.16. The molecule has 1 aliphatic heterocycles. The molecule has 20 heavy (non-hydrogen) atoms. The third-order valence-electron chi connectivity index (χ3n) is 3.95. The Morgan fingerprint density at radius 3 is 2.40 bits per heavy atom. The molecule has 0 spiro atoms. The van der Waals surface area contributed by atoms with Crippen LogP contribution < -0.4 is 4.90 Å². The van der Waals surface area contributed by atoms with E-state index in [1.807, 2.05) is 12.3 Å². The van der Waals surface area contributed by atoms with Crippen LogP contribution in [-0.4, -0.2) is 31.3 Å². The number of pyridine rings is 1. The van der Waals surface area contributed by atoms with Crippen molar-refractivity contribution in [3.63, 3.8) is 0 Å². The maximum absolute atomic E-state index is 5.42. The fourth-order valence-electron chi connectivity index (χ4n) is 2.66. The average molecular weight is 268 g/mol. The van der Waals surface area contributed by atoms with Crippen molar-refractivity contribution in [3.05, 3.63) is 48.7 Å². The van der Waals surface area contributed by atoms with E-state index in [1.165, 1.54) is 5.56 Å². The van der Waals surface area contributed by atoms with E-state index in [1.54, 1.807) is 0 Å². The lowest BCUT2D eigenvalue weighted by atomic mass is 10.1. The van der Waals surface area contributed by atoms with Gasteiger partial charge in [-0.2, -0.15) is 0 Å². The van der Waals surface area contributed by atoms with Crippen LogP contribution in [0.25, 0.3) is 11.1 Å². The molecule has 0 unspecified atom stereocenters. The molecule has 2 aromatic rings. The van der Waals surface area contributed by atoms with Crippen molar-refractivity contribution >= 4 is 5.82 Å². The Morgan fingerprint density at radius 2 is 1.75 bits per heavy atom. The van der Waals surface area contributed by atoms with Crippen LogP contribution in [0, 0.1) is 0 Å². The van der Waals surface area contributed by atoms with Gasteiger partial charge in [-0.05, 0) is 30.5 Å². The zero-order valence-corrected chi connectivity index (χ0v) is 11.8. The van der Waals surface area contributed by atoms with Gasteiger partial charge in [0.15, 0.2) is 0 Å². The minimum atomic E-state index is 0.541. The lowest BCUT2D eigenvalue weighted by Crippen LogP contribution is -2.37. The summed E-state index contributed by atoms with van der Waals surface area (Å²) in [4.78, 5) is 6.89. The quantitative estimate of drug-likeness (QED) is 0.853. The van der Waals surface area contributed by atoms with Gasteiger partial charge in [-0.3, -0.25) is 0 Å². The van der Waals surface area contributed by atoms with E-state index < -0.39 is 0 Å². The number of hydrogen-bond acceptors (Lipinski definition) is 3. The van der Waals surface area contributed by atoms with Crippen molar-refractivity contribution in [2.45, 2.75) is 18.9 Å². The molecule has 1 aromatic carbocycles. The number of hydrogen-bond donors (Lipinski definition) is 0. The van der Waals surface area contributed by atoms with E-state index in [-0.39, 0.29) is 0 Å². The molecule has 0 bridgehead atoms. The summed E-state index contributed by atoms with van der Waals surface area (Å²) in [6, 6.07) is 15.2. The number of rotatable bonds is 3. The number of benzene rings is 1. The topological polar surface area (TPSA) is 25.4 Å². The first-order valence-corrected chi connectivity index (χ1v) is 7.16. The lowest BCUT2D eigenvalue weighted by molar-refractivity contribution is 0.0853. The van der Waals surface area contributed by atoms with Crippen LogP contribution in [0.15, 0.2) is 48.7 Å². The van der Waals surface area contributed by atoms with Gasteiger partial charge in [0.05, 0.1) is 0 Å². The van der Waals surface area contributed by atoms with Crippen molar-refractivity contribution in [2.75, 3.05) is 25.2 Å². The molecule has 0 amide bonds. The first kappa shape index (κ1) is 13.1. The molecule has 0 radical (unpaired) electrons. The van der Waals surface area contributed by atoms with E-state index >= 15 is 0 Å². The molecule has 0 saturated carbocycles. The van der Waals surface area contributed by atoms with Crippen molar-refractivity contribution in [3.8, 4) is 11.1 Å². The third kappa shape index (κ3) is 2.83. The maximum atomic E-state index is 5.42. The van der Waals surface area contributed by atoms with Crippen LogP contribution in [0.2, 0.25) is 0 Å². The van der Waals surface area contributed by atoms with Gasteiger partial charge >= 0.3 is 0 Å². The zero-order valence-electron chi connectivity index (χ0n) is 11.8. The smallest absolute Gasteiger partial charge is 0.128 e. The SMILES string of the molecule is CN(c1ccc(-c2ccccc2)cn1)C1CCOCC1. The highest BCUT2D eigenvalue weighted by molar-refractivity contribution is 5.63. The second-order valence-electron chi connectivity index (χ2n) is 5.23. The van der Waals surface area contributed by atoms with E-state index in [9.17, 15) is 0 Å². The van der Waals surface area contributed by atoms with Gasteiger partial charge in [0, 0.05) is 38.1 Å². The van der Waals surface area contributed by atoms with E-state index in [0.717, 1.165) is 37.4 Å². The molecule has 1 aromatic heterocycles. The van der Waals surface area contributed by atoms with Crippen LogP contribution in [0.4, 0.5) is 5.82 Å². The molecular weight excluding hydrogens is 248 g/mol. The third-order valence-corrected chi connectivity index (χ3v) is 3.95. The standard InChI is InChI=1S/C17H20N2O/c1-19(16-9-11-20-12-10-16)17-8-7-15(13-18-17)14-5-3-2-4-6-14/h2-8,13,16H,9-12H2,1H3. The largest absolute Gasteiger partial charge is 0.381 e. The van der Waals surface area contributed by atoms with Crippen molar-refractivity contribution in [2.24, 2.45) is 0 Å². The molecule has 1 fully saturated rings. The molecule has 3 heteroatoms. The number of anilines is 1. The number of nitrogens with zero attached hydrogens (tertiary/aromatic N) is 2. The van der Waals surface area contributed by atoms with Gasteiger partial charge in [0.1, 0.15) is 5.82 Å². The first-order chi connectivity index (χ1) is 9.84. The summed E-state index contributed by atoms with van der Waals surface area (Å²) in [6.07, 6.45) is 4.12. The van der Waals surface area contributed by atoms with Gasteiger partial charge in [-0.25, -0.2) is 4.98 Å².